The molecule has 1 amide bonds. The zero-order chi connectivity index (χ0) is 14.7. The van der Waals surface area contributed by atoms with Crippen LogP contribution >= 0.6 is 0 Å². The summed E-state index contributed by atoms with van der Waals surface area (Å²) in [5.74, 6) is 1.54. The van der Waals surface area contributed by atoms with E-state index in [0.717, 1.165) is 32.4 Å². The molecule has 2 N–H and O–H groups in total. The van der Waals surface area contributed by atoms with Crippen molar-refractivity contribution in [1.29, 1.82) is 0 Å². The SMILES string of the molecule is Cc1noc([C@H]2CCNC[C@H]2NC(=O)C2CCOCC2)n1. The number of aryl methyl sites for hydroxylation is 1. The van der Waals surface area contributed by atoms with Gasteiger partial charge in [0, 0.05) is 25.7 Å². The lowest BCUT2D eigenvalue weighted by atomic mass is 9.91. The first kappa shape index (κ1) is 14.5. The summed E-state index contributed by atoms with van der Waals surface area (Å²) in [7, 11) is 0. The van der Waals surface area contributed by atoms with E-state index in [1.807, 2.05) is 6.92 Å². The second kappa shape index (κ2) is 6.53. The van der Waals surface area contributed by atoms with Crippen LogP contribution in [0.2, 0.25) is 0 Å². The number of nitrogens with one attached hydrogen (secondary N) is 2. The molecule has 0 spiro atoms. The molecule has 0 radical (unpaired) electrons. The highest BCUT2D eigenvalue weighted by molar-refractivity contribution is 5.79. The van der Waals surface area contributed by atoms with Gasteiger partial charge in [-0.2, -0.15) is 4.98 Å². The number of piperidine rings is 1. The number of carbonyl (C=O) groups is 1. The minimum atomic E-state index is 0.00828. The third-order valence-electron chi connectivity index (χ3n) is 4.26. The van der Waals surface area contributed by atoms with Crippen LogP contribution in [0.5, 0.6) is 0 Å². The van der Waals surface area contributed by atoms with E-state index in [4.69, 9.17) is 9.26 Å². The number of amides is 1. The molecule has 3 heterocycles. The summed E-state index contributed by atoms with van der Waals surface area (Å²) < 4.78 is 10.6. The predicted molar refractivity (Wildman–Crippen MR) is 74.7 cm³/mol. The lowest BCUT2D eigenvalue weighted by Gasteiger charge is -2.32. The lowest BCUT2D eigenvalue weighted by molar-refractivity contribution is -0.128. The molecule has 7 heteroatoms. The number of aromatic nitrogens is 2. The van der Waals surface area contributed by atoms with Crippen molar-refractivity contribution in [1.82, 2.24) is 20.8 Å². The van der Waals surface area contributed by atoms with Gasteiger partial charge in [0.1, 0.15) is 0 Å². The van der Waals surface area contributed by atoms with Crippen molar-refractivity contribution in [2.75, 3.05) is 26.3 Å². The Kier molecular flexibility index (Phi) is 4.50. The molecule has 0 aromatic carbocycles. The molecule has 2 fully saturated rings. The van der Waals surface area contributed by atoms with Gasteiger partial charge in [0.25, 0.3) is 0 Å². The summed E-state index contributed by atoms with van der Waals surface area (Å²) in [5.41, 5.74) is 0. The van der Waals surface area contributed by atoms with Crippen molar-refractivity contribution in [2.24, 2.45) is 5.92 Å². The average Bonchev–Trinajstić information content (AvgIpc) is 2.95. The van der Waals surface area contributed by atoms with Gasteiger partial charge >= 0.3 is 0 Å². The van der Waals surface area contributed by atoms with E-state index in [1.54, 1.807) is 0 Å². The van der Waals surface area contributed by atoms with Crippen LogP contribution in [0.1, 0.15) is 36.9 Å². The minimum absolute atomic E-state index is 0.00828. The summed E-state index contributed by atoms with van der Waals surface area (Å²) in [6, 6.07) is 0.00828. The molecule has 2 aliphatic heterocycles. The van der Waals surface area contributed by atoms with E-state index in [9.17, 15) is 4.79 Å². The molecule has 2 aliphatic rings. The fraction of sp³-hybridized carbons (Fsp3) is 0.786. The van der Waals surface area contributed by atoms with Crippen LogP contribution in [0.3, 0.4) is 0 Å². The second-order valence-electron chi connectivity index (χ2n) is 5.78. The van der Waals surface area contributed by atoms with Crippen molar-refractivity contribution in [3.05, 3.63) is 11.7 Å². The molecule has 3 rings (SSSR count). The molecule has 0 unspecified atom stereocenters. The molecule has 0 bridgehead atoms. The first-order valence-electron chi connectivity index (χ1n) is 7.63. The van der Waals surface area contributed by atoms with E-state index < -0.39 is 0 Å². The van der Waals surface area contributed by atoms with Crippen LogP contribution in [0.25, 0.3) is 0 Å². The highest BCUT2D eigenvalue weighted by Crippen LogP contribution is 2.25. The van der Waals surface area contributed by atoms with Gasteiger partial charge in [0.15, 0.2) is 5.82 Å². The lowest BCUT2D eigenvalue weighted by Crippen LogP contribution is -2.51. The Labute approximate surface area is 123 Å². The van der Waals surface area contributed by atoms with Gasteiger partial charge in [0.2, 0.25) is 11.8 Å². The summed E-state index contributed by atoms with van der Waals surface area (Å²) in [6.07, 6.45) is 2.49. The van der Waals surface area contributed by atoms with Crippen molar-refractivity contribution < 1.29 is 14.1 Å². The molecule has 21 heavy (non-hydrogen) atoms. The van der Waals surface area contributed by atoms with E-state index >= 15 is 0 Å². The number of ether oxygens (including phenoxy) is 1. The molecule has 2 atom stereocenters. The quantitative estimate of drug-likeness (QED) is 0.837. The van der Waals surface area contributed by atoms with Gasteiger partial charge in [-0.15, -0.1) is 0 Å². The second-order valence-corrected chi connectivity index (χ2v) is 5.78. The number of hydrogen-bond acceptors (Lipinski definition) is 6. The molecule has 0 saturated carbocycles. The van der Waals surface area contributed by atoms with Crippen LogP contribution < -0.4 is 10.6 Å². The third kappa shape index (κ3) is 3.41. The number of carbonyl (C=O) groups excluding carboxylic acids is 1. The predicted octanol–water partition coefficient (Wildman–Crippen LogP) is 0.366. The van der Waals surface area contributed by atoms with E-state index in [0.29, 0.717) is 24.9 Å². The van der Waals surface area contributed by atoms with E-state index in [1.165, 1.54) is 0 Å². The van der Waals surface area contributed by atoms with Gasteiger partial charge in [0.05, 0.1) is 12.0 Å². The average molecular weight is 294 g/mol. The molecule has 116 valence electrons. The smallest absolute Gasteiger partial charge is 0.231 e. The summed E-state index contributed by atoms with van der Waals surface area (Å²) in [5, 5.41) is 10.3. The van der Waals surface area contributed by atoms with Crippen molar-refractivity contribution >= 4 is 5.91 Å². The van der Waals surface area contributed by atoms with Gasteiger partial charge in [-0.1, -0.05) is 5.16 Å². The van der Waals surface area contributed by atoms with Gasteiger partial charge in [-0.05, 0) is 32.7 Å². The highest BCUT2D eigenvalue weighted by atomic mass is 16.5. The minimum Gasteiger partial charge on any atom is -0.381 e. The fourth-order valence-electron chi connectivity index (χ4n) is 3.03. The Morgan fingerprint density at radius 1 is 1.33 bits per heavy atom. The first-order chi connectivity index (χ1) is 10.2. The topological polar surface area (TPSA) is 89.3 Å². The summed E-state index contributed by atoms with van der Waals surface area (Å²) >= 11 is 0. The first-order valence-corrected chi connectivity index (χ1v) is 7.63. The Morgan fingerprint density at radius 2 is 2.14 bits per heavy atom. The van der Waals surface area contributed by atoms with E-state index in [-0.39, 0.29) is 23.8 Å². The highest BCUT2D eigenvalue weighted by Gasteiger charge is 2.33. The largest absolute Gasteiger partial charge is 0.381 e. The summed E-state index contributed by atoms with van der Waals surface area (Å²) in [4.78, 5) is 16.7. The van der Waals surface area contributed by atoms with Crippen LogP contribution in [0.4, 0.5) is 0 Å². The standard InChI is InChI=1S/C14H22N4O3/c1-9-16-14(21-18-9)11-2-5-15-8-12(11)17-13(19)10-3-6-20-7-4-10/h10-12,15H,2-8H2,1H3,(H,17,19)/t11-,12+/m0/s1. The monoisotopic (exact) mass is 294 g/mol. The van der Waals surface area contributed by atoms with Crippen molar-refractivity contribution in [2.45, 2.75) is 38.1 Å². The summed E-state index contributed by atoms with van der Waals surface area (Å²) in [6.45, 7) is 4.79. The Balaban J connectivity index is 1.65. The maximum absolute atomic E-state index is 12.4. The fourth-order valence-corrected chi connectivity index (χ4v) is 3.03. The van der Waals surface area contributed by atoms with Crippen molar-refractivity contribution in [3.63, 3.8) is 0 Å². The molecular formula is C14H22N4O3. The Hall–Kier alpha value is -1.47. The maximum atomic E-state index is 12.4. The van der Waals surface area contributed by atoms with Crippen LogP contribution in [-0.2, 0) is 9.53 Å². The van der Waals surface area contributed by atoms with Crippen molar-refractivity contribution in [3.8, 4) is 0 Å². The molecule has 2 saturated heterocycles. The molecular weight excluding hydrogens is 272 g/mol. The molecule has 1 aromatic heterocycles. The molecule has 7 nitrogen and oxygen atoms in total. The third-order valence-corrected chi connectivity index (χ3v) is 4.26. The van der Waals surface area contributed by atoms with Crippen LogP contribution in [0.15, 0.2) is 4.52 Å². The number of hydrogen-bond donors (Lipinski definition) is 2. The molecule has 0 aliphatic carbocycles. The number of rotatable bonds is 3. The number of nitrogens with zero attached hydrogens (tertiary/aromatic N) is 2. The Morgan fingerprint density at radius 3 is 2.86 bits per heavy atom. The normalized spacial score (nSPS) is 27.5. The zero-order valence-corrected chi connectivity index (χ0v) is 12.3. The zero-order valence-electron chi connectivity index (χ0n) is 12.3. The van der Waals surface area contributed by atoms with Gasteiger partial charge in [-0.25, -0.2) is 0 Å². The van der Waals surface area contributed by atoms with E-state index in [2.05, 4.69) is 20.8 Å². The maximum Gasteiger partial charge on any atom is 0.231 e. The van der Waals surface area contributed by atoms with Crippen LogP contribution in [-0.4, -0.2) is 48.4 Å². The van der Waals surface area contributed by atoms with Gasteiger partial charge in [-0.3, -0.25) is 4.79 Å². The molecule has 1 aromatic rings. The van der Waals surface area contributed by atoms with Gasteiger partial charge < -0.3 is 19.9 Å². The van der Waals surface area contributed by atoms with Crippen LogP contribution in [0, 0.1) is 12.8 Å². The Bertz CT molecular complexity index is 484.